The Balaban J connectivity index is 4.62. The van der Waals surface area contributed by atoms with Crippen LogP contribution in [0.4, 0.5) is 0 Å². The molecule has 0 heterocycles. The van der Waals surface area contributed by atoms with E-state index in [4.69, 9.17) is 14.2 Å². The molecule has 0 spiro atoms. The molecule has 0 unspecified atom stereocenters. The van der Waals surface area contributed by atoms with Gasteiger partial charge in [0.25, 0.3) is 0 Å². The van der Waals surface area contributed by atoms with Gasteiger partial charge in [0.1, 0.15) is 13.2 Å². The van der Waals surface area contributed by atoms with Gasteiger partial charge in [0, 0.05) is 19.3 Å². The standard InChI is InChI=1S/C63H100O6/c1-4-7-10-13-16-19-22-25-28-30-31-33-36-38-41-44-47-50-53-56-62(65)68-59-60(69-63(66)57-54-51-48-45-42-39-34-27-24-21-18-15-12-9-6-3)58-67-61(64)55-52-49-46-43-40-37-35-32-29-26-23-20-17-14-11-8-5-2/h16-21,25-29,31,33-35,37-38,41-42,45,47,50,60H,4-15,22-24,30,32,36,39-40,43-44,46,48-49,51-59H2,1-3H3/b19-16-,20-17-,21-18-,28-25-,29-26-,33-31-,34-27-,37-35-,41-38-,45-42-,50-47-/t60-/m0/s1. The number of rotatable bonds is 48. The minimum absolute atomic E-state index is 0.133. The van der Waals surface area contributed by atoms with Crippen LogP contribution in [0.15, 0.2) is 134 Å². The third-order valence-corrected chi connectivity index (χ3v) is 11.1. The van der Waals surface area contributed by atoms with Crippen LogP contribution in [-0.2, 0) is 28.6 Å². The lowest BCUT2D eigenvalue weighted by atomic mass is 10.1. The number of ether oxygens (including phenoxy) is 3. The van der Waals surface area contributed by atoms with Gasteiger partial charge in [0.15, 0.2) is 6.10 Å². The monoisotopic (exact) mass is 953 g/mol. The number of unbranched alkanes of at least 4 members (excludes halogenated alkanes) is 15. The van der Waals surface area contributed by atoms with Crippen molar-refractivity contribution in [3.63, 3.8) is 0 Å². The fourth-order valence-electron chi connectivity index (χ4n) is 6.91. The predicted molar refractivity (Wildman–Crippen MR) is 297 cm³/mol. The Morgan fingerprint density at radius 2 is 0.551 bits per heavy atom. The Bertz CT molecular complexity index is 1510. The molecule has 0 aliphatic rings. The molecule has 0 aliphatic carbocycles. The first-order chi connectivity index (χ1) is 34.0. The normalized spacial score (nSPS) is 13.1. The summed E-state index contributed by atoms with van der Waals surface area (Å²) in [7, 11) is 0. The minimum Gasteiger partial charge on any atom is -0.462 e. The highest BCUT2D eigenvalue weighted by Crippen LogP contribution is 2.11. The lowest BCUT2D eigenvalue weighted by Gasteiger charge is -2.18. The fraction of sp³-hybridized carbons (Fsp3) is 0.603. The van der Waals surface area contributed by atoms with Crippen LogP contribution in [0.2, 0.25) is 0 Å². The molecule has 0 amide bonds. The summed E-state index contributed by atoms with van der Waals surface area (Å²) in [5.41, 5.74) is 0. The molecule has 0 fully saturated rings. The molecule has 0 aliphatic heterocycles. The second kappa shape index (κ2) is 56.1. The second-order valence-corrected chi connectivity index (χ2v) is 17.8. The average Bonchev–Trinajstić information content (AvgIpc) is 3.35. The van der Waals surface area contributed by atoms with Gasteiger partial charge in [-0.15, -0.1) is 0 Å². The zero-order valence-electron chi connectivity index (χ0n) is 44.3. The van der Waals surface area contributed by atoms with E-state index in [9.17, 15) is 14.4 Å². The van der Waals surface area contributed by atoms with Crippen molar-refractivity contribution < 1.29 is 28.6 Å². The number of hydrogen-bond acceptors (Lipinski definition) is 6. The number of hydrogen-bond donors (Lipinski definition) is 0. The molecule has 0 rings (SSSR count). The van der Waals surface area contributed by atoms with Gasteiger partial charge in [0.2, 0.25) is 0 Å². The molecule has 0 radical (unpaired) electrons. The first kappa shape index (κ1) is 64.5. The Labute approximate surface area is 424 Å². The van der Waals surface area contributed by atoms with E-state index in [1.54, 1.807) is 0 Å². The number of carbonyl (C=O) groups excluding carboxylic acids is 3. The Kier molecular flexibility index (Phi) is 52.5. The van der Waals surface area contributed by atoms with Gasteiger partial charge in [-0.25, -0.2) is 0 Å². The van der Waals surface area contributed by atoms with Crippen LogP contribution in [0.3, 0.4) is 0 Å². The summed E-state index contributed by atoms with van der Waals surface area (Å²) in [6, 6.07) is 0. The van der Waals surface area contributed by atoms with E-state index in [0.29, 0.717) is 19.3 Å². The van der Waals surface area contributed by atoms with Gasteiger partial charge >= 0.3 is 17.9 Å². The van der Waals surface area contributed by atoms with Crippen LogP contribution in [0.25, 0.3) is 0 Å². The minimum atomic E-state index is -0.843. The van der Waals surface area contributed by atoms with Gasteiger partial charge in [-0.05, 0) is 135 Å². The highest BCUT2D eigenvalue weighted by atomic mass is 16.6. The molecule has 0 N–H and O–H groups in total. The number of allylic oxidation sites excluding steroid dienone is 22. The maximum absolute atomic E-state index is 12.8. The number of esters is 3. The Hall–Kier alpha value is -4.45. The molecular weight excluding hydrogens is 853 g/mol. The maximum atomic E-state index is 12.8. The maximum Gasteiger partial charge on any atom is 0.306 e. The average molecular weight is 953 g/mol. The van der Waals surface area contributed by atoms with Crippen LogP contribution in [-0.4, -0.2) is 37.2 Å². The summed E-state index contributed by atoms with van der Waals surface area (Å²) in [5.74, 6) is -1.08. The Morgan fingerprint density at radius 1 is 0.290 bits per heavy atom. The van der Waals surface area contributed by atoms with Gasteiger partial charge in [-0.2, -0.15) is 0 Å². The van der Waals surface area contributed by atoms with E-state index in [1.165, 1.54) is 77.0 Å². The molecule has 0 bridgehead atoms. The van der Waals surface area contributed by atoms with Crippen LogP contribution >= 0.6 is 0 Å². The van der Waals surface area contributed by atoms with Crippen LogP contribution < -0.4 is 0 Å². The van der Waals surface area contributed by atoms with Crippen molar-refractivity contribution in [3.8, 4) is 0 Å². The molecule has 6 heteroatoms. The van der Waals surface area contributed by atoms with Crippen molar-refractivity contribution in [2.75, 3.05) is 13.2 Å². The van der Waals surface area contributed by atoms with E-state index >= 15 is 0 Å². The molecule has 0 aromatic heterocycles. The summed E-state index contributed by atoms with van der Waals surface area (Å²) in [6.45, 7) is 6.42. The molecule has 0 aromatic rings. The lowest BCUT2D eigenvalue weighted by molar-refractivity contribution is -0.166. The van der Waals surface area contributed by atoms with Crippen LogP contribution in [0.5, 0.6) is 0 Å². The van der Waals surface area contributed by atoms with Crippen molar-refractivity contribution in [1.29, 1.82) is 0 Å². The van der Waals surface area contributed by atoms with E-state index in [-0.39, 0.29) is 44.0 Å². The zero-order valence-corrected chi connectivity index (χ0v) is 44.3. The van der Waals surface area contributed by atoms with Crippen molar-refractivity contribution in [3.05, 3.63) is 134 Å². The second-order valence-electron chi connectivity index (χ2n) is 17.8. The van der Waals surface area contributed by atoms with Crippen molar-refractivity contribution in [2.24, 2.45) is 0 Å². The molecule has 69 heavy (non-hydrogen) atoms. The Morgan fingerprint density at radius 3 is 0.913 bits per heavy atom. The molecule has 0 saturated carbocycles. The van der Waals surface area contributed by atoms with E-state index < -0.39 is 6.10 Å². The summed E-state index contributed by atoms with van der Waals surface area (Å²) in [4.78, 5) is 38.1. The number of carbonyl (C=O) groups is 3. The van der Waals surface area contributed by atoms with Crippen molar-refractivity contribution in [1.82, 2.24) is 0 Å². The van der Waals surface area contributed by atoms with E-state index in [1.807, 2.05) is 12.2 Å². The summed E-state index contributed by atoms with van der Waals surface area (Å²) in [6.07, 6.45) is 78.7. The lowest BCUT2D eigenvalue weighted by Crippen LogP contribution is -2.30. The van der Waals surface area contributed by atoms with Gasteiger partial charge in [-0.1, -0.05) is 206 Å². The first-order valence-electron chi connectivity index (χ1n) is 27.7. The van der Waals surface area contributed by atoms with Crippen molar-refractivity contribution in [2.45, 2.75) is 232 Å². The molecule has 388 valence electrons. The SMILES string of the molecule is CCCCC/C=C\C/C=C\C/C=C\C/C=C\C/C=C\CCC(=O)OC[C@H](COC(=O)CCCCCC/C=C\C/C=C\C/C=C\CCCCC)OC(=O)CCCC/C=C\C/C=C\C/C=C\CCCCC. The summed E-state index contributed by atoms with van der Waals surface area (Å²) in [5, 5.41) is 0. The molecule has 0 aromatic carbocycles. The highest BCUT2D eigenvalue weighted by Gasteiger charge is 2.19. The summed E-state index contributed by atoms with van der Waals surface area (Å²) >= 11 is 0. The van der Waals surface area contributed by atoms with E-state index in [0.717, 1.165) is 96.3 Å². The third kappa shape index (κ3) is 54.4. The third-order valence-electron chi connectivity index (χ3n) is 11.1. The quantitative estimate of drug-likeness (QED) is 0.0262. The smallest absolute Gasteiger partial charge is 0.306 e. The molecular formula is C63H100O6. The first-order valence-corrected chi connectivity index (χ1v) is 27.7. The van der Waals surface area contributed by atoms with Gasteiger partial charge in [0.05, 0.1) is 0 Å². The molecule has 0 saturated heterocycles. The topological polar surface area (TPSA) is 78.9 Å². The van der Waals surface area contributed by atoms with Crippen molar-refractivity contribution >= 4 is 17.9 Å². The zero-order chi connectivity index (χ0) is 50.0. The summed E-state index contributed by atoms with van der Waals surface area (Å²) < 4.78 is 16.7. The van der Waals surface area contributed by atoms with Crippen LogP contribution in [0.1, 0.15) is 226 Å². The predicted octanol–water partition coefficient (Wildman–Crippen LogP) is 18.6. The molecule has 1 atom stereocenters. The molecule has 6 nitrogen and oxygen atoms in total. The largest absolute Gasteiger partial charge is 0.462 e. The van der Waals surface area contributed by atoms with E-state index in [2.05, 4.69) is 142 Å². The highest BCUT2D eigenvalue weighted by molar-refractivity contribution is 5.71. The fourth-order valence-corrected chi connectivity index (χ4v) is 6.91. The van der Waals surface area contributed by atoms with Gasteiger partial charge < -0.3 is 14.2 Å². The van der Waals surface area contributed by atoms with Crippen LogP contribution in [0, 0.1) is 0 Å². The van der Waals surface area contributed by atoms with Gasteiger partial charge in [-0.3, -0.25) is 14.4 Å².